The largest absolute Gasteiger partial charge is 0.354 e. The van der Waals surface area contributed by atoms with Gasteiger partial charge in [0.2, 0.25) is 0 Å². The van der Waals surface area contributed by atoms with Gasteiger partial charge in [0, 0.05) is 18.2 Å². The number of anilines is 1. The van der Waals surface area contributed by atoms with Crippen molar-refractivity contribution in [2.24, 2.45) is 10.9 Å². The number of rotatable bonds is 2. The first-order chi connectivity index (χ1) is 9.65. The number of nitrogens with zero attached hydrogens (tertiary/aromatic N) is 2. The number of aromatic nitrogens is 1. The minimum Gasteiger partial charge on any atom is -0.354 e. The van der Waals surface area contributed by atoms with Gasteiger partial charge >= 0.3 is 0 Å². The van der Waals surface area contributed by atoms with Gasteiger partial charge in [-0.05, 0) is 36.3 Å². The van der Waals surface area contributed by atoms with Gasteiger partial charge in [-0.1, -0.05) is 20.8 Å². The Morgan fingerprint density at radius 3 is 2.90 bits per heavy atom. The van der Waals surface area contributed by atoms with E-state index in [1.54, 1.807) is 0 Å². The van der Waals surface area contributed by atoms with Crippen LogP contribution in [0, 0.1) is 5.92 Å². The van der Waals surface area contributed by atoms with Crippen molar-refractivity contribution >= 4 is 11.6 Å². The van der Waals surface area contributed by atoms with Crippen molar-refractivity contribution in [2.45, 2.75) is 45.4 Å². The molecule has 0 fully saturated rings. The monoisotopic (exact) mass is 272 g/mol. The molecule has 0 spiro atoms. The summed E-state index contributed by atoms with van der Waals surface area (Å²) in [7, 11) is 0. The number of hydrogen-bond donors (Lipinski definition) is 2. The van der Waals surface area contributed by atoms with Gasteiger partial charge in [-0.3, -0.25) is 9.98 Å². The van der Waals surface area contributed by atoms with E-state index in [1.165, 1.54) is 24.1 Å². The lowest BCUT2D eigenvalue weighted by atomic mass is 9.76. The van der Waals surface area contributed by atoms with Crippen molar-refractivity contribution in [1.82, 2.24) is 10.3 Å². The fourth-order valence-electron chi connectivity index (χ4n) is 3.25. The highest BCUT2D eigenvalue weighted by molar-refractivity contribution is 5.94. The standard InChI is InChI=1S/C16H24N4/c1-10(2)13-5-4-11(3)14-8-12(9-19-15(13)14)20-16-17-6-7-18-16/h8-11,13H,4-7H2,1-3H3,(H2,17,18,20). The molecule has 0 saturated carbocycles. The molecule has 0 amide bonds. The Bertz CT molecular complexity index is 521. The quantitative estimate of drug-likeness (QED) is 0.870. The van der Waals surface area contributed by atoms with Crippen LogP contribution in [0.1, 0.15) is 56.7 Å². The van der Waals surface area contributed by atoms with Crippen LogP contribution in [0.4, 0.5) is 5.69 Å². The van der Waals surface area contributed by atoms with Crippen LogP contribution >= 0.6 is 0 Å². The third-order valence-corrected chi connectivity index (χ3v) is 4.48. The van der Waals surface area contributed by atoms with Crippen molar-refractivity contribution in [2.75, 3.05) is 18.4 Å². The molecule has 20 heavy (non-hydrogen) atoms. The molecule has 2 atom stereocenters. The average molecular weight is 272 g/mol. The zero-order valence-electron chi connectivity index (χ0n) is 12.6. The molecular formula is C16H24N4. The van der Waals surface area contributed by atoms with Crippen molar-refractivity contribution in [1.29, 1.82) is 0 Å². The summed E-state index contributed by atoms with van der Waals surface area (Å²) in [6.45, 7) is 8.69. The van der Waals surface area contributed by atoms with Gasteiger partial charge < -0.3 is 10.6 Å². The van der Waals surface area contributed by atoms with Crippen LogP contribution in [0.25, 0.3) is 0 Å². The molecule has 4 nitrogen and oxygen atoms in total. The first-order valence-electron chi connectivity index (χ1n) is 7.70. The molecule has 1 aliphatic heterocycles. The topological polar surface area (TPSA) is 49.3 Å². The minimum absolute atomic E-state index is 0.604. The van der Waals surface area contributed by atoms with Crippen LogP contribution in [-0.4, -0.2) is 24.0 Å². The molecule has 2 unspecified atom stereocenters. The predicted molar refractivity (Wildman–Crippen MR) is 83.4 cm³/mol. The molecule has 2 heterocycles. The second-order valence-electron chi connectivity index (χ2n) is 6.31. The molecule has 0 aromatic carbocycles. The summed E-state index contributed by atoms with van der Waals surface area (Å²) in [6, 6.07) is 2.27. The Morgan fingerprint density at radius 2 is 2.20 bits per heavy atom. The zero-order valence-corrected chi connectivity index (χ0v) is 12.6. The Balaban J connectivity index is 1.88. The van der Waals surface area contributed by atoms with Crippen molar-refractivity contribution in [3.05, 3.63) is 23.5 Å². The summed E-state index contributed by atoms with van der Waals surface area (Å²) in [5.41, 5.74) is 3.78. The van der Waals surface area contributed by atoms with Crippen LogP contribution in [-0.2, 0) is 0 Å². The molecule has 4 heteroatoms. The van der Waals surface area contributed by atoms with Crippen LogP contribution in [0.3, 0.4) is 0 Å². The third kappa shape index (κ3) is 2.51. The van der Waals surface area contributed by atoms with Crippen molar-refractivity contribution in [3.8, 4) is 0 Å². The van der Waals surface area contributed by atoms with E-state index in [0.29, 0.717) is 17.8 Å². The number of fused-ring (bicyclic) bond motifs is 1. The van der Waals surface area contributed by atoms with Gasteiger partial charge in [-0.2, -0.15) is 0 Å². The highest BCUT2D eigenvalue weighted by atomic mass is 15.2. The summed E-state index contributed by atoms with van der Waals surface area (Å²) in [5.74, 6) is 2.74. The molecule has 1 aromatic rings. The Hall–Kier alpha value is -1.58. The van der Waals surface area contributed by atoms with Gasteiger partial charge in [0.1, 0.15) is 0 Å². The SMILES string of the molecule is CC1CCC(C(C)C)c2ncc(NC3=NCCN3)cc21. The number of guanidine groups is 1. The van der Waals surface area contributed by atoms with E-state index in [2.05, 4.69) is 42.5 Å². The molecule has 2 N–H and O–H groups in total. The van der Waals surface area contributed by atoms with E-state index in [4.69, 9.17) is 4.98 Å². The first-order valence-corrected chi connectivity index (χ1v) is 7.70. The van der Waals surface area contributed by atoms with E-state index in [-0.39, 0.29) is 0 Å². The van der Waals surface area contributed by atoms with Gasteiger partial charge in [-0.15, -0.1) is 0 Å². The fraction of sp³-hybridized carbons (Fsp3) is 0.625. The normalized spacial score (nSPS) is 25.1. The Kier molecular flexibility index (Phi) is 3.64. The van der Waals surface area contributed by atoms with E-state index < -0.39 is 0 Å². The second kappa shape index (κ2) is 5.43. The van der Waals surface area contributed by atoms with Gasteiger partial charge in [0.05, 0.1) is 18.4 Å². The fourth-order valence-corrected chi connectivity index (χ4v) is 3.25. The summed E-state index contributed by atoms with van der Waals surface area (Å²) in [5, 5.41) is 6.57. The lowest BCUT2D eigenvalue weighted by Gasteiger charge is -2.31. The number of hydrogen-bond acceptors (Lipinski definition) is 4. The van der Waals surface area contributed by atoms with Gasteiger partial charge in [0.15, 0.2) is 5.96 Å². The lowest BCUT2D eigenvalue weighted by Crippen LogP contribution is -2.26. The molecule has 1 aromatic heterocycles. The summed E-state index contributed by atoms with van der Waals surface area (Å²) in [6.07, 6.45) is 4.48. The van der Waals surface area contributed by atoms with Gasteiger partial charge in [0.25, 0.3) is 0 Å². The average Bonchev–Trinajstić information content (AvgIpc) is 2.92. The summed E-state index contributed by atoms with van der Waals surface area (Å²) >= 11 is 0. The second-order valence-corrected chi connectivity index (χ2v) is 6.31. The molecule has 3 rings (SSSR count). The molecule has 1 aliphatic carbocycles. The smallest absolute Gasteiger partial charge is 0.195 e. The molecular weight excluding hydrogens is 248 g/mol. The van der Waals surface area contributed by atoms with Crippen LogP contribution in [0.15, 0.2) is 17.3 Å². The molecule has 0 saturated heterocycles. The minimum atomic E-state index is 0.604. The van der Waals surface area contributed by atoms with Gasteiger partial charge in [-0.25, -0.2) is 0 Å². The van der Waals surface area contributed by atoms with Crippen LogP contribution in [0.2, 0.25) is 0 Å². The maximum Gasteiger partial charge on any atom is 0.195 e. The number of nitrogens with one attached hydrogen (secondary N) is 2. The predicted octanol–water partition coefficient (Wildman–Crippen LogP) is 3.09. The van der Waals surface area contributed by atoms with Crippen molar-refractivity contribution < 1.29 is 0 Å². The molecule has 2 aliphatic rings. The molecule has 0 radical (unpaired) electrons. The number of aliphatic imine (C=N–C) groups is 1. The Morgan fingerprint density at radius 1 is 1.35 bits per heavy atom. The third-order valence-electron chi connectivity index (χ3n) is 4.48. The molecule has 108 valence electrons. The highest BCUT2D eigenvalue weighted by Gasteiger charge is 2.28. The maximum absolute atomic E-state index is 4.77. The lowest BCUT2D eigenvalue weighted by molar-refractivity contribution is 0.400. The van der Waals surface area contributed by atoms with Crippen LogP contribution < -0.4 is 10.6 Å². The molecule has 0 bridgehead atoms. The van der Waals surface area contributed by atoms with Crippen molar-refractivity contribution in [3.63, 3.8) is 0 Å². The Labute approximate surface area is 121 Å². The maximum atomic E-state index is 4.77. The first kappa shape index (κ1) is 13.4. The highest BCUT2D eigenvalue weighted by Crippen LogP contribution is 2.41. The van der Waals surface area contributed by atoms with E-state index >= 15 is 0 Å². The van der Waals surface area contributed by atoms with E-state index in [0.717, 1.165) is 24.7 Å². The number of pyridine rings is 1. The van der Waals surface area contributed by atoms with Crippen LogP contribution in [0.5, 0.6) is 0 Å². The summed E-state index contributed by atoms with van der Waals surface area (Å²) < 4.78 is 0. The van der Waals surface area contributed by atoms with E-state index in [1.807, 2.05) is 6.20 Å². The zero-order chi connectivity index (χ0) is 14.1. The summed E-state index contributed by atoms with van der Waals surface area (Å²) in [4.78, 5) is 9.14. The van der Waals surface area contributed by atoms with E-state index in [9.17, 15) is 0 Å².